The summed E-state index contributed by atoms with van der Waals surface area (Å²) in [6.45, 7) is 4.55. The number of nitrogens with zero attached hydrogens (tertiary/aromatic N) is 6. The molecule has 3 amide bonds. The number of hydrogen-bond donors (Lipinski definition) is 2. The SMILES string of the molecule is COc1cc2cc(c1OC)-c1cncc(c1)C(=O)N[C@H](CC(C)C)C(=O)NCCN(C(=O)c1ccc(-c3nnn(C)n3)cc1)C2. The molecule has 2 aromatic carbocycles. The summed E-state index contributed by atoms with van der Waals surface area (Å²) in [6.07, 6.45) is 3.53. The molecule has 0 radical (unpaired) electrons. The number of ether oxygens (including phenoxy) is 2. The second-order valence-electron chi connectivity index (χ2n) is 11.2. The van der Waals surface area contributed by atoms with Crippen LogP contribution in [0.25, 0.3) is 22.5 Å². The minimum Gasteiger partial charge on any atom is -0.493 e. The van der Waals surface area contributed by atoms with E-state index in [4.69, 9.17) is 9.47 Å². The van der Waals surface area contributed by atoms with E-state index in [0.29, 0.717) is 46.0 Å². The van der Waals surface area contributed by atoms with E-state index in [9.17, 15) is 14.4 Å². The molecule has 1 atom stereocenters. The van der Waals surface area contributed by atoms with Gasteiger partial charge in [0.25, 0.3) is 11.8 Å². The maximum atomic E-state index is 13.9. The topological polar surface area (TPSA) is 153 Å². The lowest BCUT2D eigenvalue weighted by Crippen LogP contribution is -2.49. The maximum Gasteiger partial charge on any atom is 0.254 e. The Kier molecular flexibility index (Phi) is 9.36. The van der Waals surface area contributed by atoms with Crippen molar-refractivity contribution in [2.45, 2.75) is 32.9 Å². The van der Waals surface area contributed by atoms with Crippen LogP contribution in [0.4, 0.5) is 0 Å². The molecular weight excluding hydrogens is 576 g/mol. The van der Waals surface area contributed by atoms with Gasteiger partial charge in [0.2, 0.25) is 11.7 Å². The highest BCUT2D eigenvalue weighted by atomic mass is 16.5. The van der Waals surface area contributed by atoms with Crippen molar-refractivity contribution >= 4 is 17.7 Å². The van der Waals surface area contributed by atoms with Crippen molar-refractivity contribution in [2.24, 2.45) is 13.0 Å². The molecule has 1 aliphatic heterocycles. The van der Waals surface area contributed by atoms with Gasteiger partial charge < -0.3 is 25.0 Å². The van der Waals surface area contributed by atoms with E-state index in [0.717, 1.165) is 11.1 Å². The fraction of sp³-hybridized carbons (Fsp3) is 0.344. The van der Waals surface area contributed by atoms with Gasteiger partial charge in [-0.1, -0.05) is 26.0 Å². The standard InChI is InChI=1S/C32H36N8O5/c1-19(2)12-26-31(42)34-10-11-40(32(43)22-8-6-21(7-9-22)29-36-38-39(3)37-29)18-20-13-25(28(45-5)27(14-20)44-4)23-15-24(17-33-16-23)30(41)35-26/h6-9,13-17,19,26H,10-12,18H2,1-5H3,(H,34,42)(H,35,41)/t26-/m1/s1. The van der Waals surface area contributed by atoms with Crippen molar-refractivity contribution in [3.8, 4) is 34.0 Å². The molecule has 13 heteroatoms. The zero-order chi connectivity index (χ0) is 32.1. The first kappa shape index (κ1) is 31.1. The van der Waals surface area contributed by atoms with Gasteiger partial charge in [0, 0.05) is 54.3 Å². The van der Waals surface area contributed by atoms with Crippen LogP contribution in [0.5, 0.6) is 11.5 Å². The van der Waals surface area contributed by atoms with Crippen molar-refractivity contribution in [1.29, 1.82) is 0 Å². The van der Waals surface area contributed by atoms with Gasteiger partial charge in [0.15, 0.2) is 11.5 Å². The predicted molar refractivity (Wildman–Crippen MR) is 165 cm³/mol. The summed E-state index contributed by atoms with van der Waals surface area (Å²) in [5.41, 5.74) is 3.49. The number of carbonyl (C=O) groups is 3. The summed E-state index contributed by atoms with van der Waals surface area (Å²) < 4.78 is 11.4. The van der Waals surface area contributed by atoms with Crippen LogP contribution in [0, 0.1) is 5.92 Å². The van der Waals surface area contributed by atoms with Gasteiger partial charge in [-0.2, -0.15) is 4.80 Å². The lowest BCUT2D eigenvalue weighted by molar-refractivity contribution is -0.123. The van der Waals surface area contributed by atoms with Crippen LogP contribution in [-0.2, 0) is 18.4 Å². The number of hydrogen-bond acceptors (Lipinski definition) is 9. The number of benzene rings is 2. The van der Waals surface area contributed by atoms with Crippen molar-refractivity contribution < 1.29 is 23.9 Å². The second-order valence-corrected chi connectivity index (χ2v) is 11.2. The van der Waals surface area contributed by atoms with Gasteiger partial charge in [0.1, 0.15) is 6.04 Å². The smallest absolute Gasteiger partial charge is 0.254 e. The lowest BCUT2D eigenvalue weighted by Gasteiger charge is -2.25. The molecule has 234 valence electrons. The van der Waals surface area contributed by atoms with Crippen LogP contribution in [0.15, 0.2) is 54.9 Å². The Labute approximate surface area is 260 Å². The minimum atomic E-state index is -0.770. The zero-order valence-electron chi connectivity index (χ0n) is 25.9. The number of nitrogens with one attached hydrogen (secondary N) is 2. The number of amides is 3. The molecule has 0 aliphatic carbocycles. The largest absolute Gasteiger partial charge is 0.493 e. The molecule has 1 aliphatic rings. The molecule has 3 heterocycles. The third kappa shape index (κ3) is 7.08. The Morgan fingerprint density at radius 1 is 1.02 bits per heavy atom. The molecule has 13 nitrogen and oxygen atoms in total. The van der Waals surface area contributed by atoms with Gasteiger partial charge in [0.05, 0.1) is 26.8 Å². The van der Waals surface area contributed by atoms with Crippen molar-refractivity contribution in [3.05, 3.63) is 71.5 Å². The van der Waals surface area contributed by atoms with Crippen LogP contribution in [0.1, 0.15) is 46.5 Å². The summed E-state index contributed by atoms with van der Waals surface area (Å²) in [6, 6.07) is 11.6. The number of aryl methyl sites for hydroxylation is 1. The second kappa shape index (κ2) is 13.5. The predicted octanol–water partition coefficient (Wildman–Crippen LogP) is 2.87. The Balaban J connectivity index is 1.55. The molecule has 0 unspecified atom stereocenters. The molecule has 5 rings (SSSR count). The average Bonchev–Trinajstić information content (AvgIpc) is 3.48. The molecule has 4 aromatic rings. The number of fused-ring (bicyclic) bond motifs is 5. The van der Waals surface area contributed by atoms with Gasteiger partial charge in [-0.25, -0.2) is 0 Å². The lowest BCUT2D eigenvalue weighted by atomic mass is 10.00. The minimum absolute atomic E-state index is 0.143. The summed E-state index contributed by atoms with van der Waals surface area (Å²) in [7, 11) is 4.76. The summed E-state index contributed by atoms with van der Waals surface area (Å²) in [4.78, 5) is 47.9. The molecule has 0 saturated carbocycles. The number of rotatable bonds is 6. The zero-order valence-corrected chi connectivity index (χ0v) is 25.9. The Morgan fingerprint density at radius 3 is 2.44 bits per heavy atom. The number of aromatic nitrogens is 5. The van der Waals surface area contributed by atoms with E-state index < -0.39 is 11.9 Å². The van der Waals surface area contributed by atoms with Gasteiger partial charge in [-0.15, -0.1) is 10.2 Å². The molecule has 2 aromatic heterocycles. The van der Waals surface area contributed by atoms with Crippen LogP contribution < -0.4 is 20.1 Å². The quantitative estimate of drug-likeness (QED) is 0.335. The fourth-order valence-electron chi connectivity index (χ4n) is 5.24. The van der Waals surface area contributed by atoms with E-state index in [2.05, 4.69) is 31.0 Å². The first-order chi connectivity index (χ1) is 21.7. The van der Waals surface area contributed by atoms with Gasteiger partial charge in [-0.3, -0.25) is 19.4 Å². The van der Waals surface area contributed by atoms with Crippen LogP contribution in [0.2, 0.25) is 0 Å². The fourth-order valence-corrected chi connectivity index (χ4v) is 5.24. The first-order valence-corrected chi connectivity index (χ1v) is 14.6. The van der Waals surface area contributed by atoms with Crippen LogP contribution >= 0.6 is 0 Å². The van der Waals surface area contributed by atoms with Gasteiger partial charge in [-0.05, 0) is 53.4 Å². The van der Waals surface area contributed by atoms with E-state index >= 15 is 0 Å². The highest BCUT2D eigenvalue weighted by Crippen LogP contribution is 2.39. The third-order valence-electron chi connectivity index (χ3n) is 7.42. The molecule has 0 spiro atoms. The van der Waals surface area contributed by atoms with E-state index in [-0.39, 0.29) is 37.4 Å². The highest BCUT2D eigenvalue weighted by Gasteiger charge is 2.25. The molecule has 0 saturated heterocycles. The summed E-state index contributed by atoms with van der Waals surface area (Å²) >= 11 is 0. The number of pyridine rings is 1. The normalized spacial score (nSPS) is 15.5. The van der Waals surface area contributed by atoms with Gasteiger partial charge >= 0.3 is 0 Å². The van der Waals surface area contributed by atoms with Crippen LogP contribution in [-0.4, -0.2) is 81.2 Å². The molecular formula is C32H36N8O5. The Hall–Kier alpha value is -5.33. The van der Waals surface area contributed by atoms with Crippen LogP contribution in [0.3, 0.4) is 0 Å². The van der Waals surface area contributed by atoms with Crippen molar-refractivity contribution in [2.75, 3.05) is 27.3 Å². The Bertz CT molecular complexity index is 1700. The number of methoxy groups -OCH3 is 2. The van der Waals surface area contributed by atoms with E-state index in [1.54, 1.807) is 48.5 Å². The van der Waals surface area contributed by atoms with E-state index in [1.807, 2.05) is 26.0 Å². The molecule has 0 fully saturated rings. The molecule has 2 N–H and O–H groups in total. The monoisotopic (exact) mass is 612 g/mol. The van der Waals surface area contributed by atoms with Crippen molar-refractivity contribution in [1.82, 2.24) is 40.7 Å². The highest BCUT2D eigenvalue weighted by molar-refractivity contribution is 5.98. The molecule has 4 bridgehead atoms. The molecule has 45 heavy (non-hydrogen) atoms. The number of carbonyl (C=O) groups excluding carboxylic acids is 3. The maximum absolute atomic E-state index is 13.9. The first-order valence-electron chi connectivity index (χ1n) is 14.6. The van der Waals surface area contributed by atoms with Crippen molar-refractivity contribution in [3.63, 3.8) is 0 Å². The average molecular weight is 613 g/mol. The summed E-state index contributed by atoms with van der Waals surface area (Å²) in [5, 5.41) is 17.9. The number of tetrazole rings is 1. The Morgan fingerprint density at radius 2 is 1.78 bits per heavy atom. The summed E-state index contributed by atoms with van der Waals surface area (Å²) in [5.74, 6) is 0.538. The third-order valence-corrected chi connectivity index (χ3v) is 7.42. The van der Waals surface area contributed by atoms with E-state index in [1.165, 1.54) is 25.2 Å².